The summed E-state index contributed by atoms with van der Waals surface area (Å²) in [6.45, 7) is 5.70. The topological polar surface area (TPSA) is 49.8 Å². The quantitative estimate of drug-likeness (QED) is 0.840. The van der Waals surface area contributed by atoms with Crippen molar-refractivity contribution in [2.24, 2.45) is 5.92 Å². The second-order valence-electron chi connectivity index (χ2n) is 7.23. The lowest BCUT2D eigenvalue weighted by Gasteiger charge is -2.52. The molecule has 0 radical (unpaired) electrons. The summed E-state index contributed by atoms with van der Waals surface area (Å²) >= 11 is 0. The van der Waals surface area contributed by atoms with Gasteiger partial charge in [0.15, 0.2) is 6.10 Å². The molecule has 1 heterocycles. The van der Waals surface area contributed by atoms with Gasteiger partial charge in [-0.1, -0.05) is 73.7 Å². The summed E-state index contributed by atoms with van der Waals surface area (Å²) in [5.74, 6) is -0.0896. The molecule has 4 nitrogen and oxygen atoms in total. The zero-order chi connectivity index (χ0) is 18.3. The summed E-state index contributed by atoms with van der Waals surface area (Å²) < 4.78 is 5.81. The van der Waals surface area contributed by atoms with Crippen molar-refractivity contribution < 1.29 is 14.6 Å². The van der Waals surface area contributed by atoms with Gasteiger partial charge in [0.05, 0.1) is 5.60 Å². The highest BCUT2D eigenvalue weighted by atomic mass is 16.6. The molecule has 1 aliphatic heterocycles. The average molecular weight is 349 g/mol. The molecule has 2 aliphatic rings. The van der Waals surface area contributed by atoms with E-state index in [4.69, 9.17) is 4.74 Å². The van der Waals surface area contributed by atoms with E-state index in [1.165, 1.54) is 0 Å². The fraction of sp³-hybridized carbons (Fsp3) is 0.318. The predicted molar refractivity (Wildman–Crippen MR) is 99.4 cm³/mol. The Bertz CT molecular complexity index is 807. The van der Waals surface area contributed by atoms with Crippen LogP contribution < -0.4 is 0 Å². The number of cyclic esters (lactones) is 1. The van der Waals surface area contributed by atoms with Crippen LogP contribution in [0.15, 0.2) is 73.3 Å². The second kappa shape index (κ2) is 6.29. The van der Waals surface area contributed by atoms with E-state index in [1.54, 1.807) is 6.08 Å². The number of hydrogen-bond acceptors (Lipinski definition) is 3. The van der Waals surface area contributed by atoms with Crippen LogP contribution in [-0.2, 0) is 4.74 Å². The maximum absolute atomic E-state index is 12.8. The molecule has 1 saturated heterocycles. The van der Waals surface area contributed by atoms with Crippen molar-refractivity contribution in [1.82, 2.24) is 4.90 Å². The molecule has 2 aromatic carbocycles. The number of carbonyl (C=O) groups excluding carboxylic acids is 1. The molecule has 2 fully saturated rings. The van der Waals surface area contributed by atoms with Crippen LogP contribution in [-0.4, -0.2) is 27.7 Å². The Kier molecular flexibility index (Phi) is 4.08. The molecule has 0 aromatic heterocycles. The average Bonchev–Trinajstić information content (AvgIpc) is 3.03. The van der Waals surface area contributed by atoms with Crippen LogP contribution in [0, 0.1) is 5.92 Å². The number of rotatable bonds is 4. The van der Waals surface area contributed by atoms with Crippen molar-refractivity contribution in [2.75, 3.05) is 0 Å². The van der Waals surface area contributed by atoms with Crippen LogP contribution in [0.4, 0.5) is 4.79 Å². The Morgan fingerprint density at radius 1 is 1.12 bits per heavy atom. The number of benzene rings is 2. The summed E-state index contributed by atoms with van der Waals surface area (Å²) in [5, 5.41) is 10.5. The van der Waals surface area contributed by atoms with Gasteiger partial charge in [-0.15, -0.1) is 6.58 Å². The minimum Gasteiger partial charge on any atom is -0.439 e. The Labute approximate surface area is 153 Å². The molecule has 0 spiro atoms. The Morgan fingerprint density at radius 2 is 1.69 bits per heavy atom. The van der Waals surface area contributed by atoms with Gasteiger partial charge in [0, 0.05) is 18.4 Å². The van der Waals surface area contributed by atoms with E-state index in [0.29, 0.717) is 6.42 Å². The van der Waals surface area contributed by atoms with E-state index in [1.807, 2.05) is 72.5 Å². The number of ether oxygens (including phenoxy) is 1. The summed E-state index contributed by atoms with van der Waals surface area (Å²) in [7, 11) is 0. The fourth-order valence-corrected chi connectivity index (χ4v) is 4.19. The normalized spacial score (nSPS) is 33.5. The Morgan fingerprint density at radius 3 is 2.23 bits per heavy atom. The van der Waals surface area contributed by atoms with Gasteiger partial charge in [-0.25, -0.2) is 4.79 Å². The molecule has 1 saturated carbocycles. The molecular formula is C22H23NO3. The van der Waals surface area contributed by atoms with Crippen molar-refractivity contribution in [3.8, 4) is 0 Å². The third kappa shape index (κ3) is 2.53. The van der Waals surface area contributed by atoms with E-state index in [9.17, 15) is 9.90 Å². The highest BCUT2D eigenvalue weighted by molar-refractivity contribution is 5.72. The second-order valence-corrected chi connectivity index (χ2v) is 7.23. The molecule has 2 aromatic rings. The van der Waals surface area contributed by atoms with Gasteiger partial charge >= 0.3 is 6.09 Å². The van der Waals surface area contributed by atoms with Crippen molar-refractivity contribution in [3.63, 3.8) is 0 Å². The van der Waals surface area contributed by atoms with Crippen molar-refractivity contribution in [2.45, 2.75) is 37.1 Å². The van der Waals surface area contributed by atoms with Gasteiger partial charge < -0.3 is 9.84 Å². The molecular weight excluding hydrogens is 326 g/mol. The van der Waals surface area contributed by atoms with Gasteiger partial charge in [-0.3, -0.25) is 4.90 Å². The molecule has 26 heavy (non-hydrogen) atoms. The molecule has 5 atom stereocenters. The molecule has 0 unspecified atom stereocenters. The number of carbonyl (C=O) groups is 1. The Balaban J connectivity index is 1.73. The monoisotopic (exact) mass is 349 g/mol. The summed E-state index contributed by atoms with van der Waals surface area (Å²) in [6.07, 6.45) is 1.38. The first-order valence-electron chi connectivity index (χ1n) is 9.00. The molecule has 134 valence electrons. The zero-order valence-electron chi connectivity index (χ0n) is 14.8. The lowest BCUT2D eigenvalue weighted by atomic mass is 9.65. The van der Waals surface area contributed by atoms with Crippen molar-refractivity contribution in [1.29, 1.82) is 0 Å². The van der Waals surface area contributed by atoms with Gasteiger partial charge in [0.1, 0.15) is 6.04 Å². The zero-order valence-corrected chi connectivity index (χ0v) is 14.8. The third-order valence-corrected chi connectivity index (χ3v) is 5.91. The molecule has 1 aliphatic carbocycles. The molecule has 4 heteroatoms. The lowest BCUT2D eigenvalue weighted by Crippen LogP contribution is -2.62. The SMILES string of the molecule is C=C[C@]1(O)C[C@H](N2C(=O)O[C@@H](c3ccccc3)[C@H]2c2ccccc2)[C@H]1C. The van der Waals surface area contributed by atoms with E-state index in [-0.39, 0.29) is 30.2 Å². The standard InChI is InChI=1S/C22H23NO3/c1-3-22(25)14-18(15(22)2)23-19(16-10-6-4-7-11-16)20(26-21(23)24)17-12-8-5-9-13-17/h3-13,15,18-20,25H,1,14H2,2H3/t15-,18+,19-,20+,22+/m1/s1. The van der Waals surface area contributed by atoms with Crippen LogP contribution in [0.25, 0.3) is 0 Å². The highest BCUT2D eigenvalue weighted by Gasteiger charge is 2.57. The van der Waals surface area contributed by atoms with Crippen LogP contribution in [0.5, 0.6) is 0 Å². The molecule has 4 rings (SSSR count). The van der Waals surface area contributed by atoms with E-state index in [2.05, 4.69) is 6.58 Å². The molecule has 0 bridgehead atoms. The first-order chi connectivity index (χ1) is 12.5. The van der Waals surface area contributed by atoms with E-state index >= 15 is 0 Å². The van der Waals surface area contributed by atoms with Gasteiger partial charge in [-0.05, 0) is 11.1 Å². The maximum Gasteiger partial charge on any atom is 0.411 e. The van der Waals surface area contributed by atoms with Crippen LogP contribution >= 0.6 is 0 Å². The van der Waals surface area contributed by atoms with Crippen molar-refractivity contribution in [3.05, 3.63) is 84.4 Å². The Hall–Kier alpha value is -2.59. The summed E-state index contributed by atoms with van der Waals surface area (Å²) in [5.41, 5.74) is 1.09. The minimum atomic E-state index is -0.920. The predicted octanol–water partition coefficient (Wildman–Crippen LogP) is 4.25. The van der Waals surface area contributed by atoms with Gasteiger partial charge in [0.2, 0.25) is 0 Å². The van der Waals surface area contributed by atoms with Gasteiger partial charge in [-0.2, -0.15) is 0 Å². The molecule has 1 N–H and O–H groups in total. The van der Waals surface area contributed by atoms with Crippen molar-refractivity contribution >= 4 is 6.09 Å². The minimum absolute atomic E-state index is 0.0792. The van der Waals surface area contributed by atoms with Crippen LogP contribution in [0.1, 0.15) is 36.6 Å². The smallest absolute Gasteiger partial charge is 0.411 e. The number of aliphatic hydroxyl groups is 1. The number of nitrogens with zero attached hydrogens (tertiary/aromatic N) is 1. The third-order valence-electron chi connectivity index (χ3n) is 5.91. The van der Waals surface area contributed by atoms with Crippen LogP contribution in [0.3, 0.4) is 0 Å². The highest BCUT2D eigenvalue weighted by Crippen LogP contribution is 2.51. The largest absolute Gasteiger partial charge is 0.439 e. The maximum atomic E-state index is 12.8. The molecule has 1 amide bonds. The number of hydrogen-bond donors (Lipinski definition) is 1. The lowest BCUT2D eigenvalue weighted by molar-refractivity contribution is -0.104. The first kappa shape index (κ1) is 16.9. The number of amides is 1. The summed E-state index contributed by atoms with van der Waals surface area (Å²) in [6, 6.07) is 19.5. The van der Waals surface area contributed by atoms with E-state index < -0.39 is 5.60 Å². The summed E-state index contributed by atoms with van der Waals surface area (Å²) in [4.78, 5) is 14.6. The fourth-order valence-electron chi connectivity index (χ4n) is 4.19. The van der Waals surface area contributed by atoms with Crippen LogP contribution in [0.2, 0.25) is 0 Å². The van der Waals surface area contributed by atoms with Gasteiger partial charge in [0.25, 0.3) is 0 Å². The van der Waals surface area contributed by atoms with E-state index in [0.717, 1.165) is 11.1 Å². The first-order valence-corrected chi connectivity index (χ1v) is 9.00.